The van der Waals surface area contributed by atoms with E-state index in [0.717, 1.165) is 6.42 Å². The highest BCUT2D eigenvalue weighted by molar-refractivity contribution is 6.09. The van der Waals surface area contributed by atoms with Gasteiger partial charge in [-0.05, 0) is 6.08 Å². The lowest BCUT2D eigenvalue weighted by Crippen LogP contribution is -2.06. The summed E-state index contributed by atoms with van der Waals surface area (Å²) < 4.78 is 0. The highest BCUT2D eigenvalue weighted by Gasteiger charge is 2.01. The van der Waals surface area contributed by atoms with Crippen LogP contribution in [-0.2, 0) is 0 Å². The second-order valence-electron chi connectivity index (χ2n) is 1.91. The quantitative estimate of drug-likeness (QED) is 0.471. The summed E-state index contributed by atoms with van der Waals surface area (Å²) >= 11 is 0. The molecule has 1 aliphatic rings. The standard InChI is InChI=1S/C6H8N2/c7-5-2-1-3-6(8)4-5/h1-2,7-8H,3-4H2. The van der Waals surface area contributed by atoms with Gasteiger partial charge < -0.3 is 10.8 Å². The van der Waals surface area contributed by atoms with Gasteiger partial charge in [0.15, 0.2) is 0 Å². The lowest BCUT2D eigenvalue weighted by atomic mass is 10.0. The van der Waals surface area contributed by atoms with Crippen LogP contribution in [0.1, 0.15) is 12.8 Å². The second-order valence-corrected chi connectivity index (χ2v) is 1.91. The molecular formula is C6H8N2. The van der Waals surface area contributed by atoms with E-state index in [1.54, 1.807) is 6.08 Å². The van der Waals surface area contributed by atoms with Crippen LogP contribution in [0.4, 0.5) is 0 Å². The third kappa shape index (κ3) is 1.03. The van der Waals surface area contributed by atoms with Crippen molar-refractivity contribution in [2.45, 2.75) is 12.8 Å². The van der Waals surface area contributed by atoms with Crippen molar-refractivity contribution in [1.82, 2.24) is 0 Å². The first-order chi connectivity index (χ1) is 3.79. The Morgan fingerprint density at radius 2 is 2.12 bits per heavy atom. The summed E-state index contributed by atoms with van der Waals surface area (Å²) in [5, 5.41) is 14.2. The minimum Gasteiger partial charge on any atom is -0.309 e. The smallest absolute Gasteiger partial charge is 0.0366 e. The van der Waals surface area contributed by atoms with Gasteiger partial charge in [0.1, 0.15) is 0 Å². The van der Waals surface area contributed by atoms with Gasteiger partial charge >= 0.3 is 0 Å². The van der Waals surface area contributed by atoms with Crippen molar-refractivity contribution in [1.29, 1.82) is 10.8 Å². The van der Waals surface area contributed by atoms with Gasteiger partial charge in [-0.15, -0.1) is 0 Å². The van der Waals surface area contributed by atoms with E-state index in [4.69, 9.17) is 10.8 Å². The van der Waals surface area contributed by atoms with Crippen LogP contribution in [-0.4, -0.2) is 11.4 Å². The Bertz CT molecular complexity index is 156. The normalized spacial score (nSPS) is 19.5. The summed E-state index contributed by atoms with van der Waals surface area (Å²) in [6.07, 6.45) is 4.91. The summed E-state index contributed by atoms with van der Waals surface area (Å²) in [6, 6.07) is 0. The molecule has 0 aromatic rings. The fourth-order valence-electron chi connectivity index (χ4n) is 0.704. The van der Waals surface area contributed by atoms with Crippen LogP contribution >= 0.6 is 0 Å². The zero-order valence-electron chi connectivity index (χ0n) is 4.57. The van der Waals surface area contributed by atoms with E-state index in [1.807, 2.05) is 6.08 Å². The molecule has 0 radical (unpaired) electrons. The monoisotopic (exact) mass is 108 g/mol. The first kappa shape index (κ1) is 5.22. The van der Waals surface area contributed by atoms with Crippen molar-refractivity contribution < 1.29 is 0 Å². The first-order valence-corrected chi connectivity index (χ1v) is 2.59. The molecule has 0 aromatic carbocycles. The summed E-state index contributed by atoms with van der Waals surface area (Å²) in [5.74, 6) is 0. The van der Waals surface area contributed by atoms with E-state index in [9.17, 15) is 0 Å². The molecule has 2 nitrogen and oxygen atoms in total. The van der Waals surface area contributed by atoms with Gasteiger partial charge in [0.2, 0.25) is 0 Å². The van der Waals surface area contributed by atoms with Crippen LogP contribution in [0.5, 0.6) is 0 Å². The molecule has 0 spiro atoms. The zero-order valence-corrected chi connectivity index (χ0v) is 4.57. The third-order valence-corrected chi connectivity index (χ3v) is 1.09. The van der Waals surface area contributed by atoms with Crippen molar-refractivity contribution in [3.8, 4) is 0 Å². The molecule has 0 heterocycles. The molecule has 1 aliphatic carbocycles. The minimum absolute atomic E-state index is 0.552. The number of hydrogen-bond acceptors (Lipinski definition) is 2. The maximum Gasteiger partial charge on any atom is 0.0366 e. The van der Waals surface area contributed by atoms with Crippen LogP contribution in [0.2, 0.25) is 0 Å². The Morgan fingerprint density at radius 3 is 2.50 bits per heavy atom. The Hall–Kier alpha value is -0.920. The Kier molecular flexibility index (Phi) is 1.24. The van der Waals surface area contributed by atoms with E-state index in [2.05, 4.69) is 0 Å². The number of hydrogen-bond donors (Lipinski definition) is 2. The summed E-state index contributed by atoms with van der Waals surface area (Å²) in [4.78, 5) is 0. The molecule has 2 heteroatoms. The molecule has 0 aliphatic heterocycles. The fraction of sp³-hybridized carbons (Fsp3) is 0.333. The van der Waals surface area contributed by atoms with E-state index in [0.29, 0.717) is 17.8 Å². The molecule has 0 aromatic heterocycles. The highest BCUT2D eigenvalue weighted by atomic mass is 14.5. The second kappa shape index (κ2) is 1.90. The van der Waals surface area contributed by atoms with Crippen LogP contribution in [0.3, 0.4) is 0 Å². The predicted molar refractivity (Wildman–Crippen MR) is 33.8 cm³/mol. The summed E-state index contributed by atoms with van der Waals surface area (Å²) in [5.41, 5.74) is 1.21. The molecule has 0 bridgehead atoms. The van der Waals surface area contributed by atoms with E-state index < -0.39 is 0 Å². The van der Waals surface area contributed by atoms with Crippen molar-refractivity contribution >= 4 is 11.4 Å². The highest BCUT2D eigenvalue weighted by Crippen LogP contribution is 2.01. The molecule has 8 heavy (non-hydrogen) atoms. The van der Waals surface area contributed by atoms with Crippen molar-refractivity contribution in [2.75, 3.05) is 0 Å². The molecule has 0 atom stereocenters. The van der Waals surface area contributed by atoms with Gasteiger partial charge in [-0.2, -0.15) is 0 Å². The zero-order chi connectivity index (χ0) is 5.98. The number of allylic oxidation sites excluding steroid dienone is 2. The van der Waals surface area contributed by atoms with E-state index in [1.165, 1.54) is 0 Å². The molecule has 1 rings (SSSR count). The number of nitrogens with one attached hydrogen (secondary N) is 2. The number of rotatable bonds is 0. The van der Waals surface area contributed by atoms with Gasteiger partial charge in [0, 0.05) is 24.3 Å². The maximum atomic E-state index is 7.13. The molecular weight excluding hydrogens is 100 g/mol. The minimum atomic E-state index is 0.552. The average molecular weight is 108 g/mol. The van der Waals surface area contributed by atoms with Crippen molar-refractivity contribution in [3.63, 3.8) is 0 Å². The van der Waals surface area contributed by atoms with Crippen LogP contribution in [0, 0.1) is 10.8 Å². The van der Waals surface area contributed by atoms with Gasteiger partial charge in [-0.3, -0.25) is 0 Å². The first-order valence-electron chi connectivity index (χ1n) is 2.59. The lowest BCUT2D eigenvalue weighted by molar-refractivity contribution is 1.25. The van der Waals surface area contributed by atoms with Crippen LogP contribution < -0.4 is 0 Å². The van der Waals surface area contributed by atoms with Crippen LogP contribution in [0.25, 0.3) is 0 Å². The average Bonchev–Trinajstić information content (AvgIpc) is 1.64. The lowest BCUT2D eigenvalue weighted by Gasteiger charge is -2.03. The molecule has 0 saturated carbocycles. The van der Waals surface area contributed by atoms with Gasteiger partial charge in [0.25, 0.3) is 0 Å². The van der Waals surface area contributed by atoms with E-state index >= 15 is 0 Å². The maximum absolute atomic E-state index is 7.13. The van der Waals surface area contributed by atoms with Gasteiger partial charge in [-0.25, -0.2) is 0 Å². The fourth-order valence-corrected chi connectivity index (χ4v) is 0.704. The molecule has 42 valence electrons. The molecule has 0 amide bonds. The van der Waals surface area contributed by atoms with E-state index in [-0.39, 0.29) is 0 Å². The van der Waals surface area contributed by atoms with Crippen molar-refractivity contribution in [3.05, 3.63) is 12.2 Å². The van der Waals surface area contributed by atoms with Gasteiger partial charge in [-0.1, -0.05) is 6.08 Å². The molecule has 0 saturated heterocycles. The Balaban J connectivity index is 2.68. The third-order valence-electron chi connectivity index (χ3n) is 1.09. The Morgan fingerprint density at radius 1 is 1.38 bits per heavy atom. The SMILES string of the molecule is N=C1C=CCC(=N)C1. The predicted octanol–water partition coefficient (Wildman–Crippen LogP) is 1.38. The van der Waals surface area contributed by atoms with Crippen molar-refractivity contribution in [2.24, 2.45) is 0 Å². The molecule has 0 unspecified atom stereocenters. The summed E-state index contributed by atoms with van der Waals surface area (Å²) in [7, 11) is 0. The summed E-state index contributed by atoms with van der Waals surface area (Å²) in [6.45, 7) is 0. The largest absolute Gasteiger partial charge is 0.309 e. The molecule has 2 N–H and O–H groups in total. The van der Waals surface area contributed by atoms with Gasteiger partial charge in [0.05, 0.1) is 0 Å². The Labute approximate surface area is 48.2 Å². The molecule has 0 fully saturated rings. The topological polar surface area (TPSA) is 47.7 Å². The van der Waals surface area contributed by atoms with Crippen LogP contribution in [0.15, 0.2) is 12.2 Å².